The fourth-order valence-electron chi connectivity index (χ4n) is 1.11. The molecule has 0 saturated carbocycles. The van der Waals surface area contributed by atoms with Gasteiger partial charge < -0.3 is 0 Å². The van der Waals surface area contributed by atoms with Crippen LogP contribution >= 0.6 is 0 Å². The summed E-state index contributed by atoms with van der Waals surface area (Å²) < 4.78 is 0. The Balaban J connectivity index is 2.93. The molecule has 4 N–H and O–H groups in total. The second-order valence-electron chi connectivity index (χ2n) is 3.18. The summed E-state index contributed by atoms with van der Waals surface area (Å²) in [6.07, 6.45) is 12.0. The lowest BCUT2D eigenvalue weighted by Gasteiger charge is -1.99. The maximum atomic E-state index is 5.05. The van der Waals surface area contributed by atoms with Crippen molar-refractivity contribution >= 4 is 0 Å². The number of hydrazine groups is 2. The van der Waals surface area contributed by atoms with Crippen molar-refractivity contribution in [1.82, 2.24) is 11.0 Å². The van der Waals surface area contributed by atoms with Crippen LogP contribution in [0.15, 0.2) is 12.2 Å². The van der Waals surface area contributed by atoms with E-state index in [0.29, 0.717) is 0 Å². The molecule has 0 saturated heterocycles. The van der Waals surface area contributed by atoms with Crippen molar-refractivity contribution in [3.8, 4) is 0 Å². The van der Waals surface area contributed by atoms with Gasteiger partial charge in [0.25, 0.3) is 0 Å². The molecule has 13 heavy (non-hydrogen) atoms. The van der Waals surface area contributed by atoms with Crippen LogP contribution in [0.2, 0.25) is 0 Å². The summed E-state index contributed by atoms with van der Waals surface area (Å²) in [5.41, 5.74) is 5.28. The topological polar surface area (TPSA) is 50.1 Å². The van der Waals surface area contributed by atoms with Gasteiger partial charge in [0.15, 0.2) is 0 Å². The molecule has 3 heteroatoms. The van der Waals surface area contributed by atoms with Crippen molar-refractivity contribution in [3.05, 3.63) is 12.2 Å². The fourth-order valence-corrected chi connectivity index (χ4v) is 1.11. The van der Waals surface area contributed by atoms with Gasteiger partial charge in [-0.15, -0.1) is 0 Å². The van der Waals surface area contributed by atoms with Gasteiger partial charge in [0.2, 0.25) is 0 Å². The number of allylic oxidation sites excluding steroid dienone is 2. The molecular formula is C10H23N3. The van der Waals surface area contributed by atoms with Crippen molar-refractivity contribution in [3.63, 3.8) is 0 Å². The van der Waals surface area contributed by atoms with E-state index in [1.165, 1.54) is 38.5 Å². The first kappa shape index (κ1) is 12.6. The van der Waals surface area contributed by atoms with Crippen LogP contribution in [0.5, 0.6) is 0 Å². The number of rotatable bonds is 9. The van der Waals surface area contributed by atoms with Crippen LogP contribution in [-0.2, 0) is 0 Å². The summed E-state index contributed by atoms with van der Waals surface area (Å²) in [6, 6.07) is 0. The van der Waals surface area contributed by atoms with Crippen molar-refractivity contribution < 1.29 is 0 Å². The number of nitrogens with two attached hydrogens (primary N) is 1. The molecule has 0 atom stereocenters. The smallest absolute Gasteiger partial charge is 0.0113 e. The monoisotopic (exact) mass is 185 g/mol. The largest absolute Gasteiger partial charge is 0.258 e. The van der Waals surface area contributed by atoms with Gasteiger partial charge in [-0.2, -0.15) is 5.53 Å². The number of hydrogen-bond donors (Lipinski definition) is 3. The average Bonchev–Trinajstić information content (AvgIpc) is 2.16. The Morgan fingerprint density at radius 1 is 1.08 bits per heavy atom. The van der Waals surface area contributed by atoms with Crippen molar-refractivity contribution in [2.24, 2.45) is 5.84 Å². The normalized spacial score (nSPS) is 11.2. The van der Waals surface area contributed by atoms with Crippen LogP contribution < -0.4 is 16.8 Å². The lowest BCUT2D eigenvalue weighted by atomic mass is 10.2. The van der Waals surface area contributed by atoms with Gasteiger partial charge >= 0.3 is 0 Å². The molecule has 0 unspecified atom stereocenters. The van der Waals surface area contributed by atoms with E-state index in [4.69, 9.17) is 5.84 Å². The zero-order chi connectivity index (χ0) is 9.78. The molecular weight excluding hydrogens is 162 g/mol. The Hall–Kier alpha value is -0.380. The van der Waals surface area contributed by atoms with E-state index in [1.807, 2.05) is 0 Å². The highest BCUT2D eigenvalue weighted by Gasteiger charge is 1.84. The van der Waals surface area contributed by atoms with Gasteiger partial charge in [-0.1, -0.05) is 31.9 Å². The van der Waals surface area contributed by atoms with Gasteiger partial charge in [-0.05, 0) is 25.7 Å². The SMILES string of the molecule is CCCCC=CCCCCNNN. The lowest BCUT2D eigenvalue weighted by molar-refractivity contribution is 0.530. The first-order valence-corrected chi connectivity index (χ1v) is 5.25. The highest BCUT2D eigenvalue weighted by molar-refractivity contribution is 4.81. The minimum atomic E-state index is 0.944. The zero-order valence-corrected chi connectivity index (χ0v) is 8.68. The van der Waals surface area contributed by atoms with Gasteiger partial charge in [0, 0.05) is 6.54 Å². The van der Waals surface area contributed by atoms with Crippen LogP contribution in [0.3, 0.4) is 0 Å². The third-order valence-electron chi connectivity index (χ3n) is 1.92. The molecule has 0 fully saturated rings. The number of nitrogens with one attached hydrogen (secondary N) is 2. The molecule has 0 bridgehead atoms. The van der Waals surface area contributed by atoms with E-state index in [0.717, 1.165) is 6.54 Å². The third-order valence-corrected chi connectivity index (χ3v) is 1.92. The maximum absolute atomic E-state index is 5.05. The molecule has 0 aliphatic heterocycles. The Kier molecular flexibility index (Phi) is 11.3. The van der Waals surface area contributed by atoms with E-state index in [9.17, 15) is 0 Å². The Morgan fingerprint density at radius 2 is 1.77 bits per heavy atom. The molecule has 3 nitrogen and oxygen atoms in total. The molecule has 0 radical (unpaired) electrons. The molecule has 0 amide bonds. The van der Waals surface area contributed by atoms with Crippen LogP contribution in [0.4, 0.5) is 0 Å². The highest BCUT2D eigenvalue weighted by atomic mass is 15.5. The van der Waals surface area contributed by atoms with Crippen molar-refractivity contribution in [2.75, 3.05) is 6.54 Å². The van der Waals surface area contributed by atoms with Gasteiger partial charge in [0.05, 0.1) is 0 Å². The maximum Gasteiger partial charge on any atom is 0.0113 e. The standard InChI is InChI=1S/C10H23N3/c1-2-3-4-5-6-7-8-9-10-12-13-11/h5-6,12-13H,2-4,7-11H2,1H3. The molecule has 0 aromatic heterocycles. The Morgan fingerprint density at radius 3 is 2.38 bits per heavy atom. The minimum absolute atomic E-state index is 0.944. The summed E-state index contributed by atoms with van der Waals surface area (Å²) in [4.78, 5) is 0. The Labute approximate surface area is 81.7 Å². The van der Waals surface area contributed by atoms with E-state index < -0.39 is 0 Å². The Bertz CT molecular complexity index is 113. The van der Waals surface area contributed by atoms with Gasteiger partial charge in [-0.25, -0.2) is 5.43 Å². The summed E-state index contributed by atoms with van der Waals surface area (Å²) >= 11 is 0. The molecule has 0 rings (SSSR count). The number of unbranched alkanes of at least 4 members (excludes halogenated alkanes) is 4. The summed E-state index contributed by atoms with van der Waals surface area (Å²) in [7, 11) is 0. The molecule has 78 valence electrons. The van der Waals surface area contributed by atoms with Gasteiger partial charge in [0.1, 0.15) is 0 Å². The van der Waals surface area contributed by atoms with Crippen LogP contribution in [0.25, 0.3) is 0 Å². The molecule has 0 heterocycles. The fraction of sp³-hybridized carbons (Fsp3) is 0.800. The first-order valence-electron chi connectivity index (χ1n) is 5.25. The molecule has 0 aliphatic carbocycles. The van der Waals surface area contributed by atoms with Crippen molar-refractivity contribution in [2.45, 2.75) is 45.4 Å². The second-order valence-corrected chi connectivity index (χ2v) is 3.18. The minimum Gasteiger partial charge on any atom is -0.258 e. The summed E-state index contributed by atoms with van der Waals surface area (Å²) in [5, 5.41) is 0. The lowest BCUT2D eigenvalue weighted by Crippen LogP contribution is -2.38. The second kappa shape index (κ2) is 11.6. The summed E-state index contributed by atoms with van der Waals surface area (Å²) in [6.45, 7) is 3.17. The quantitative estimate of drug-likeness (QED) is 0.222. The molecule has 0 aliphatic rings. The van der Waals surface area contributed by atoms with Crippen LogP contribution in [0, 0.1) is 0 Å². The summed E-state index contributed by atoms with van der Waals surface area (Å²) in [5.74, 6) is 5.05. The number of hydrogen-bond acceptors (Lipinski definition) is 3. The third kappa shape index (κ3) is 11.6. The first-order chi connectivity index (χ1) is 6.41. The van der Waals surface area contributed by atoms with Crippen LogP contribution in [0.1, 0.15) is 45.4 Å². The van der Waals surface area contributed by atoms with E-state index >= 15 is 0 Å². The van der Waals surface area contributed by atoms with Crippen LogP contribution in [-0.4, -0.2) is 6.54 Å². The molecule has 0 spiro atoms. The van der Waals surface area contributed by atoms with E-state index in [1.54, 1.807) is 0 Å². The van der Waals surface area contributed by atoms with Crippen molar-refractivity contribution in [1.29, 1.82) is 0 Å². The predicted octanol–water partition coefficient (Wildman–Crippen LogP) is 1.87. The molecule has 0 aromatic carbocycles. The predicted molar refractivity (Wildman–Crippen MR) is 57.8 cm³/mol. The highest BCUT2D eigenvalue weighted by Crippen LogP contribution is 1.99. The zero-order valence-electron chi connectivity index (χ0n) is 8.68. The van der Waals surface area contributed by atoms with Gasteiger partial charge in [-0.3, -0.25) is 5.84 Å². The average molecular weight is 185 g/mol. The van der Waals surface area contributed by atoms with E-state index in [-0.39, 0.29) is 0 Å². The van der Waals surface area contributed by atoms with E-state index in [2.05, 4.69) is 30.0 Å². The molecule has 0 aromatic rings.